The summed E-state index contributed by atoms with van der Waals surface area (Å²) in [5.74, 6) is -0.137. The monoisotopic (exact) mass is 346 g/mol. The van der Waals surface area contributed by atoms with Crippen molar-refractivity contribution in [2.24, 2.45) is 0 Å². The van der Waals surface area contributed by atoms with Crippen LogP contribution >= 0.6 is 0 Å². The van der Waals surface area contributed by atoms with Crippen molar-refractivity contribution in [1.29, 1.82) is 0 Å². The van der Waals surface area contributed by atoms with Gasteiger partial charge in [-0.3, -0.25) is 4.79 Å². The number of amides is 1. The SMILES string of the molecule is CNc1cnc(C(=O)N2CCC(O)(COc3ccc(F)cc3)C2)nc1. The minimum atomic E-state index is -1.16. The second-order valence-electron chi connectivity index (χ2n) is 5.99. The molecule has 0 aliphatic carbocycles. The van der Waals surface area contributed by atoms with Crippen molar-refractivity contribution in [1.82, 2.24) is 14.9 Å². The maximum absolute atomic E-state index is 12.9. The van der Waals surface area contributed by atoms with E-state index in [1.54, 1.807) is 7.05 Å². The Morgan fingerprint density at radius 1 is 1.36 bits per heavy atom. The van der Waals surface area contributed by atoms with Crippen LogP contribution in [0, 0.1) is 5.82 Å². The number of hydrogen-bond donors (Lipinski definition) is 2. The number of aromatic nitrogens is 2. The van der Waals surface area contributed by atoms with Crippen molar-refractivity contribution in [3.05, 3.63) is 48.3 Å². The van der Waals surface area contributed by atoms with Crippen molar-refractivity contribution in [2.45, 2.75) is 12.0 Å². The van der Waals surface area contributed by atoms with E-state index < -0.39 is 5.60 Å². The van der Waals surface area contributed by atoms with Gasteiger partial charge in [-0.2, -0.15) is 0 Å². The van der Waals surface area contributed by atoms with Gasteiger partial charge in [0, 0.05) is 13.6 Å². The fraction of sp³-hybridized carbons (Fsp3) is 0.353. The van der Waals surface area contributed by atoms with E-state index in [-0.39, 0.29) is 30.7 Å². The lowest BCUT2D eigenvalue weighted by Crippen LogP contribution is -2.41. The van der Waals surface area contributed by atoms with Crippen LogP contribution in [0.15, 0.2) is 36.7 Å². The molecule has 1 aliphatic heterocycles. The molecule has 3 rings (SSSR count). The molecule has 0 radical (unpaired) electrons. The highest BCUT2D eigenvalue weighted by Crippen LogP contribution is 2.24. The summed E-state index contributed by atoms with van der Waals surface area (Å²) in [6, 6.07) is 5.56. The molecule has 8 heteroatoms. The molecular formula is C17H19FN4O3. The molecule has 2 heterocycles. The second kappa shape index (κ2) is 7.02. The molecule has 1 fully saturated rings. The minimum absolute atomic E-state index is 0.0158. The van der Waals surface area contributed by atoms with E-state index in [9.17, 15) is 14.3 Å². The zero-order valence-corrected chi connectivity index (χ0v) is 13.8. The first-order valence-electron chi connectivity index (χ1n) is 7.89. The van der Waals surface area contributed by atoms with Gasteiger partial charge in [0.05, 0.1) is 24.6 Å². The Bertz CT molecular complexity index is 739. The fourth-order valence-electron chi connectivity index (χ4n) is 2.61. The number of carbonyl (C=O) groups is 1. The van der Waals surface area contributed by atoms with E-state index in [0.29, 0.717) is 24.4 Å². The molecule has 25 heavy (non-hydrogen) atoms. The summed E-state index contributed by atoms with van der Waals surface area (Å²) in [5.41, 5.74) is -0.447. The number of nitrogens with one attached hydrogen (secondary N) is 1. The number of carbonyl (C=O) groups excluding carboxylic acids is 1. The van der Waals surface area contributed by atoms with Crippen molar-refractivity contribution >= 4 is 11.6 Å². The number of likely N-dealkylation sites (tertiary alicyclic amines) is 1. The highest BCUT2D eigenvalue weighted by Gasteiger charge is 2.39. The number of ether oxygens (including phenoxy) is 1. The predicted octanol–water partition coefficient (Wildman–Crippen LogP) is 1.31. The number of nitrogens with zero attached hydrogens (tertiary/aromatic N) is 3. The lowest BCUT2D eigenvalue weighted by atomic mass is 10.1. The van der Waals surface area contributed by atoms with Crippen molar-refractivity contribution in [2.75, 3.05) is 32.1 Å². The normalized spacial score (nSPS) is 19.7. The quantitative estimate of drug-likeness (QED) is 0.849. The highest BCUT2D eigenvalue weighted by atomic mass is 19.1. The molecule has 0 bridgehead atoms. The van der Waals surface area contributed by atoms with Gasteiger partial charge in [0.25, 0.3) is 5.91 Å². The first-order valence-corrected chi connectivity index (χ1v) is 7.89. The summed E-state index contributed by atoms with van der Waals surface area (Å²) in [7, 11) is 1.74. The van der Waals surface area contributed by atoms with Gasteiger partial charge >= 0.3 is 0 Å². The van der Waals surface area contributed by atoms with Gasteiger partial charge in [-0.1, -0.05) is 0 Å². The summed E-state index contributed by atoms with van der Waals surface area (Å²) in [5, 5.41) is 13.5. The molecule has 132 valence electrons. The van der Waals surface area contributed by atoms with Crippen molar-refractivity contribution < 1.29 is 19.0 Å². The van der Waals surface area contributed by atoms with Gasteiger partial charge in [-0.15, -0.1) is 0 Å². The van der Waals surface area contributed by atoms with Gasteiger partial charge < -0.3 is 20.1 Å². The molecule has 1 aromatic carbocycles. The van der Waals surface area contributed by atoms with Crippen LogP contribution in [0.2, 0.25) is 0 Å². The van der Waals surface area contributed by atoms with E-state index in [2.05, 4.69) is 15.3 Å². The fourth-order valence-corrected chi connectivity index (χ4v) is 2.61. The third-order valence-corrected chi connectivity index (χ3v) is 4.07. The molecule has 0 spiro atoms. The Morgan fingerprint density at radius 2 is 2.04 bits per heavy atom. The van der Waals surface area contributed by atoms with Gasteiger partial charge in [-0.25, -0.2) is 14.4 Å². The average molecular weight is 346 g/mol. The average Bonchev–Trinajstić information content (AvgIpc) is 3.03. The number of rotatable bonds is 5. The van der Waals surface area contributed by atoms with Crippen LogP contribution in [-0.2, 0) is 0 Å². The topological polar surface area (TPSA) is 87.6 Å². The molecule has 1 amide bonds. The van der Waals surface area contributed by atoms with Crippen molar-refractivity contribution in [3.8, 4) is 5.75 Å². The first-order chi connectivity index (χ1) is 12.0. The molecule has 1 aliphatic rings. The Hall–Kier alpha value is -2.74. The number of anilines is 1. The number of halogens is 1. The third kappa shape index (κ3) is 4.03. The Morgan fingerprint density at radius 3 is 2.68 bits per heavy atom. The maximum Gasteiger partial charge on any atom is 0.291 e. The van der Waals surface area contributed by atoms with Crippen LogP contribution < -0.4 is 10.1 Å². The summed E-state index contributed by atoms with van der Waals surface area (Å²) in [4.78, 5) is 22.0. The van der Waals surface area contributed by atoms with Crippen LogP contribution in [0.4, 0.5) is 10.1 Å². The molecule has 2 aromatic rings. The standard InChI is InChI=1S/C17H19FN4O3/c1-19-13-8-20-15(21-9-13)16(23)22-7-6-17(24,10-22)11-25-14-4-2-12(18)3-5-14/h2-5,8-9,19,24H,6-7,10-11H2,1H3. The van der Waals surface area contributed by atoms with E-state index in [1.165, 1.54) is 41.6 Å². The van der Waals surface area contributed by atoms with Gasteiger partial charge in [-0.05, 0) is 30.7 Å². The summed E-state index contributed by atoms with van der Waals surface area (Å²) < 4.78 is 18.4. The Labute approximate surface area is 144 Å². The maximum atomic E-state index is 12.9. The van der Waals surface area contributed by atoms with Gasteiger partial charge in [0.1, 0.15) is 23.8 Å². The summed E-state index contributed by atoms with van der Waals surface area (Å²) in [6.07, 6.45) is 3.44. The van der Waals surface area contributed by atoms with Crippen LogP contribution in [0.5, 0.6) is 5.75 Å². The van der Waals surface area contributed by atoms with Crippen LogP contribution in [0.1, 0.15) is 17.0 Å². The lowest BCUT2D eigenvalue weighted by Gasteiger charge is -2.23. The first kappa shape index (κ1) is 17.1. The minimum Gasteiger partial charge on any atom is -0.491 e. The second-order valence-corrected chi connectivity index (χ2v) is 5.99. The third-order valence-electron chi connectivity index (χ3n) is 4.07. The molecule has 0 saturated carbocycles. The molecule has 1 aromatic heterocycles. The largest absolute Gasteiger partial charge is 0.491 e. The number of benzene rings is 1. The van der Waals surface area contributed by atoms with Crippen LogP contribution in [-0.4, -0.2) is 58.2 Å². The molecule has 1 atom stereocenters. The number of β-amino-alcohol motifs (C(OH)–C–C–N with tert-alkyl or cyclic N) is 1. The number of hydrogen-bond acceptors (Lipinski definition) is 6. The van der Waals surface area contributed by atoms with Gasteiger partial charge in [0.15, 0.2) is 0 Å². The predicted molar refractivity (Wildman–Crippen MR) is 88.9 cm³/mol. The molecule has 1 saturated heterocycles. The Balaban J connectivity index is 1.59. The van der Waals surface area contributed by atoms with E-state index in [4.69, 9.17) is 4.74 Å². The molecule has 7 nitrogen and oxygen atoms in total. The molecule has 1 unspecified atom stereocenters. The highest BCUT2D eigenvalue weighted by molar-refractivity contribution is 5.90. The van der Waals surface area contributed by atoms with E-state index in [0.717, 1.165) is 0 Å². The van der Waals surface area contributed by atoms with Crippen LogP contribution in [0.3, 0.4) is 0 Å². The smallest absolute Gasteiger partial charge is 0.291 e. The van der Waals surface area contributed by atoms with E-state index >= 15 is 0 Å². The zero-order chi connectivity index (χ0) is 17.9. The number of aliphatic hydroxyl groups is 1. The van der Waals surface area contributed by atoms with E-state index in [1.807, 2.05) is 0 Å². The molecule has 2 N–H and O–H groups in total. The van der Waals surface area contributed by atoms with Crippen LogP contribution in [0.25, 0.3) is 0 Å². The van der Waals surface area contributed by atoms with Gasteiger partial charge in [0.2, 0.25) is 5.82 Å². The zero-order valence-electron chi connectivity index (χ0n) is 13.8. The summed E-state index contributed by atoms with van der Waals surface area (Å²) in [6.45, 7) is 0.533. The lowest BCUT2D eigenvalue weighted by molar-refractivity contribution is 0.00417. The Kier molecular flexibility index (Phi) is 4.80. The summed E-state index contributed by atoms with van der Waals surface area (Å²) >= 11 is 0. The van der Waals surface area contributed by atoms with Crippen molar-refractivity contribution in [3.63, 3.8) is 0 Å². The molecular weight excluding hydrogens is 327 g/mol.